The zero-order valence-electron chi connectivity index (χ0n) is 13.2. The Balaban J connectivity index is 1.72. The number of nitrogens with zero attached hydrogens (tertiary/aromatic N) is 1. The maximum Gasteiger partial charge on any atom is 0.251 e. The number of carbonyl (C=O) groups is 2. The molecule has 8 heteroatoms. The summed E-state index contributed by atoms with van der Waals surface area (Å²) in [4.78, 5) is 23.3. The predicted octanol–water partition coefficient (Wildman–Crippen LogP) is 2.50. The topological polar surface area (TPSA) is 86.9 Å². The lowest BCUT2D eigenvalue weighted by atomic mass is 10.1. The quantitative estimate of drug-likeness (QED) is 0.675. The molecule has 130 valence electrons. The first-order valence-corrected chi connectivity index (χ1v) is 7.75. The second kappa shape index (κ2) is 6.07. The van der Waals surface area contributed by atoms with Crippen molar-refractivity contribution >= 4 is 28.4 Å². The van der Waals surface area contributed by atoms with E-state index in [4.69, 9.17) is 0 Å². The summed E-state index contributed by atoms with van der Waals surface area (Å²) in [6.07, 6.45) is 2.63. The minimum Gasteiger partial charge on any atom is -0.337 e. The number of hydrogen-bond donors (Lipinski definition) is 3. The molecule has 0 fully saturated rings. The van der Waals surface area contributed by atoms with E-state index in [2.05, 4.69) is 20.8 Å². The highest BCUT2D eigenvalue weighted by Gasteiger charge is 2.24. The highest BCUT2D eigenvalue weighted by Crippen LogP contribution is 2.32. The van der Waals surface area contributed by atoms with Gasteiger partial charge in [-0.05, 0) is 30.3 Å². The minimum atomic E-state index is -0.857. The van der Waals surface area contributed by atoms with Gasteiger partial charge in [-0.15, -0.1) is 0 Å². The molecule has 0 saturated heterocycles. The van der Waals surface area contributed by atoms with Crippen molar-refractivity contribution in [1.29, 1.82) is 0 Å². The van der Waals surface area contributed by atoms with Crippen LogP contribution in [0.2, 0.25) is 0 Å². The van der Waals surface area contributed by atoms with Gasteiger partial charge in [0, 0.05) is 11.6 Å². The molecular weight excluding hydrogens is 342 g/mol. The number of hydrogen-bond acceptors (Lipinski definition) is 3. The van der Waals surface area contributed by atoms with E-state index in [-0.39, 0.29) is 22.7 Å². The molecule has 2 heterocycles. The third-order valence-corrected chi connectivity index (χ3v) is 4.04. The largest absolute Gasteiger partial charge is 0.337 e. The van der Waals surface area contributed by atoms with Crippen LogP contribution < -0.4 is 10.6 Å². The molecule has 4 rings (SSSR count). The average Bonchev–Trinajstić information content (AvgIpc) is 3.24. The molecule has 0 bridgehead atoms. The van der Waals surface area contributed by atoms with E-state index in [0.717, 1.165) is 0 Å². The van der Waals surface area contributed by atoms with Crippen LogP contribution in [0.5, 0.6) is 0 Å². The third kappa shape index (κ3) is 2.71. The first-order chi connectivity index (χ1) is 12.5. The molecule has 0 spiro atoms. The molecule has 6 nitrogen and oxygen atoms in total. The van der Waals surface area contributed by atoms with Gasteiger partial charge in [0.2, 0.25) is 5.91 Å². The second-order valence-corrected chi connectivity index (χ2v) is 5.77. The van der Waals surface area contributed by atoms with Crippen molar-refractivity contribution in [2.24, 2.45) is 0 Å². The summed E-state index contributed by atoms with van der Waals surface area (Å²) in [6, 6.07) is 7.75. The highest BCUT2D eigenvalue weighted by atomic mass is 19.1. The van der Waals surface area contributed by atoms with Gasteiger partial charge in [0.15, 0.2) is 5.82 Å². The number of H-pyrrole nitrogens is 1. The van der Waals surface area contributed by atoms with Gasteiger partial charge in [0.1, 0.15) is 17.6 Å². The first kappa shape index (κ1) is 15.9. The Hall–Kier alpha value is -3.55. The predicted molar refractivity (Wildman–Crippen MR) is 91.1 cm³/mol. The van der Waals surface area contributed by atoms with Crippen molar-refractivity contribution in [3.05, 3.63) is 60.2 Å². The number of aromatic amines is 1. The smallest absolute Gasteiger partial charge is 0.251 e. The Labute approximate surface area is 145 Å². The van der Waals surface area contributed by atoms with Gasteiger partial charge in [0.25, 0.3) is 5.91 Å². The Morgan fingerprint density at radius 1 is 1.19 bits per heavy atom. The average molecular weight is 354 g/mol. The van der Waals surface area contributed by atoms with Crippen LogP contribution in [0.4, 0.5) is 14.5 Å². The summed E-state index contributed by atoms with van der Waals surface area (Å²) in [5, 5.41) is 11.8. The SMILES string of the molecule is O=C1C=C[C@@H](C(=O)Nc2ccc3[nH]nc(-c4cccc(F)c4)c3c2F)N1. The summed E-state index contributed by atoms with van der Waals surface area (Å²) in [6.45, 7) is 0. The van der Waals surface area contributed by atoms with E-state index in [0.29, 0.717) is 11.1 Å². The van der Waals surface area contributed by atoms with Gasteiger partial charge < -0.3 is 10.6 Å². The standard InChI is InChI=1S/C18H12F2N4O2/c19-10-3-1-2-9(8-10)17-15-11(23-24-17)4-5-12(16(15)20)22-18(26)13-6-7-14(25)21-13/h1-8,13H,(H,21,25)(H,22,26)(H,23,24)/t13-/m0/s1. The Kier molecular flexibility index (Phi) is 3.72. The number of anilines is 1. The molecule has 2 amide bonds. The zero-order chi connectivity index (χ0) is 18.3. The summed E-state index contributed by atoms with van der Waals surface area (Å²) < 4.78 is 28.5. The molecular formula is C18H12F2N4O2. The summed E-state index contributed by atoms with van der Waals surface area (Å²) >= 11 is 0. The summed E-state index contributed by atoms with van der Waals surface area (Å²) in [5.41, 5.74) is 0.997. The van der Waals surface area contributed by atoms with Crippen molar-refractivity contribution in [2.45, 2.75) is 6.04 Å². The molecule has 0 unspecified atom stereocenters. The first-order valence-electron chi connectivity index (χ1n) is 7.75. The summed E-state index contributed by atoms with van der Waals surface area (Å²) in [7, 11) is 0. The fourth-order valence-electron chi connectivity index (χ4n) is 2.81. The monoisotopic (exact) mass is 354 g/mol. The van der Waals surface area contributed by atoms with Crippen LogP contribution in [0.1, 0.15) is 0 Å². The maximum atomic E-state index is 15.0. The molecule has 1 aromatic heterocycles. The van der Waals surface area contributed by atoms with Crippen molar-refractivity contribution in [3.63, 3.8) is 0 Å². The van der Waals surface area contributed by atoms with Gasteiger partial charge in [0.05, 0.1) is 16.6 Å². The molecule has 1 atom stereocenters. The number of aromatic nitrogens is 2. The number of fused-ring (bicyclic) bond motifs is 1. The van der Waals surface area contributed by atoms with E-state index in [1.165, 1.54) is 36.4 Å². The van der Waals surface area contributed by atoms with Crippen LogP contribution in [0.25, 0.3) is 22.2 Å². The van der Waals surface area contributed by atoms with E-state index in [9.17, 15) is 18.4 Å². The van der Waals surface area contributed by atoms with Crippen LogP contribution in [0.15, 0.2) is 48.6 Å². The van der Waals surface area contributed by atoms with Crippen molar-refractivity contribution in [1.82, 2.24) is 15.5 Å². The van der Waals surface area contributed by atoms with Crippen LogP contribution in [0, 0.1) is 11.6 Å². The lowest BCUT2D eigenvalue weighted by molar-refractivity contribution is -0.121. The Morgan fingerprint density at radius 2 is 2.04 bits per heavy atom. The molecule has 3 N–H and O–H groups in total. The second-order valence-electron chi connectivity index (χ2n) is 5.77. The van der Waals surface area contributed by atoms with Crippen LogP contribution in [-0.4, -0.2) is 28.1 Å². The lowest BCUT2D eigenvalue weighted by Crippen LogP contribution is -2.37. The zero-order valence-corrected chi connectivity index (χ0v) is 13.2. The normalized spacial score (nSPS) is 16.1. The number of benzene rings is 2. The molecule has 2 aromatic carbocycles. The van der Waals surface area contributed by atoms with Crippen molar-refractivity contribution < 1.29 is 18.4 Å². The molecule has 1 aliphatic rings. The lowest BCUT2D eigenvalue weighted by Gasteiger charge is -2.11. The molecule has 26 heavy (non-hydrogen) atoms. The molecule has 3 aromatic rings. The number of rotatable bonds is 3. The number of halogens is 2. The van der Waals surface area contributed by atoms with E-state index in [1.807, 2.05) is 0 Å². The van der Waals surface area contributed by atoms with Gasteiger partial charge in [-0.1, -0.05) is 12.1 Å². The fraction of sp³-hybridized carbons (Fsp3) is 0.0556. The number of carbonyl (C=O) groups excluding carboxylic acids is 2. The molecule has 0 saturated carbocycles. The van der Waals surface area contributed by atoms with Crippen LogP contribution >= 0.6 is 0 Å². The minimum absolute atomic E-state index is 0.0592. The van der Waals surface area contributed by atoms with Gasteiger partial charge >= 0.3 is 0 Å². The van der Waals surface area contributed by atoms with Crippen molar-refractivity contribution in [3.8, 4) is 11.3 Å². The van der Waals surface area contributed by atoms with Crippen molar-refractivity contribution in [2.75, 3.05) is 5.32 Å². The fourth-order valence-corrected chi connectivity index (χ4v) is 2.81. The van der Waals surface area contributed by atoms with Crippen LogP contribution in [-0.2, 0) is 9.59 Å². The molecule has 1 aliphatic heterocycles. The van der Waals surface area contributed by atoms with Gasteiger partial charge in [-0.25, -0.2) is 8.78 Å². The molecule has 0 radical (unpaired) electrons. The van der Waals surface area contributed by atoms with E-state index < -0.39 is 23.6 Å². The van der Waals surface area contributed by atoms with E-state index >= 15 is 0 Å². The molecule has 0 aliphatic carbocycles. The summed E-state index contributed by atoms with van der Waals surface area (Å²) in [5.74, 6) is -2.12. The number of amides is 2. The Morgan fingerprint density at radius 3 is 2.77 bits per heavy atom. The Bertz CT molecular complexity index is 1070. The van der Waals surface area contributed by atoms with E-state index in [1.54, 1.807) is 12.1 Å². The van der Waals surface area contributed by atoms with Gasteiger partial charge in [-0.2, -0.15) is 5.10 Å². The number of nitrogens with one attached hydrogen (secondary N) is 3. The maximum absolute atomic E-state index is 15.0. The highest BCUT2D eigenvalue weighted by molar-refractivity contribution is 6.05. The third-order valence-electron chi connectivity index (χ3n) is 4.04. The van der Waals surface area contributed by atoms with Gasteiger partial charge in [-0.3, -0.25) is 14.7 Å². The van der Waals surface area contributed by atoms with Crippen LogP contribution in [0.3, 0.4) is 0 Å².